The van der Waals surface area contributed by atoms with Crippen molar-refractivity contribution in [3.05, 3.63) is 0 Å². The molecule has 1 unspecified atom stereocenters. The van der Waals surface area contributed by atoms with Crippen LogP contribution in [0.3, 0.4) is 0 Å². The molecule has 0 spiro atoms. The summed E-state index contributed by atoms with van der Waals surface area (Å²) >= 11 is 0. The third-order valence-electron chi connectivity index (χ3n) is 3.64. The van der Waals surface area contributed by atoms with Crippen LogP contribution >= 0.6 is 0 Å². The SMILES string of the molecule is CC(CN)CCC(=O)NCCC(=O)N1CCCCC1. The third-order valence-corrected chi connectivity index (χ3v) is 3.64. The second-order valence-electron chi connectivity index (χ2n) is 5.42. The van der Waals surface area contributed by atoms with E-state index in [9.17, 15) is 9.59 Å². The number of rotatable bonds is 7. The lowest BCUT2D eigenvalue weighted by atomic mass is 10.1. The largest absolute Gasteiger partial charge is 0.356 e. The Balaban J connectivity index is 2.08. The minimum absolute atomic E-state index is 0.0201. The molecule has 1 saturated heterocycles. The van der Waals surface area contributed by atoms with Gasteiger partial charge in [-0.2, -0.15) is 0 Å². The van der Waals surface area contributed by atoms with Crippen LogP contribution in [0.5, 0.6) is 0 Å². The fraction of sp³-hybridized carbons (Fsp3) is 0.857. The number of likely N-dealkylation sites (tertiary alicyclic amines) is 1. The number of nitrogens with zero attached hydrogens (tertiary/aromatic N) is 1. The Morgan fingerprint density at radius 3 is 2.53 bits per heavy atom. The van der Waals surface area contributed by atoms with Crippen molar-refractivity contribution in [3.63, 3.8) is 0 Å². The summed E-state index contributed by atoms with van der Waals surface area (Å²) in [4.78, 5) is 25.3. The smallest absolute Gasteiger partial charge is 0.224 e. The van der Waals surface area contributed by atoms with Crippen molar-refractivity contribution < 1.29 is 9.59 Å². The Morgan fingerprint density at radius 1 is 1.21 bits per heavy atom. The Kier molecular flexibility index (Phi) is 7.48. The number of piperidine rings is 1. The van der Waals surface area contributed by atoms with E-state index in [2.05, 4.69) is 5.32 Å². The zero-order chi connectivity index (χ0) is 14.1. The van der Waals surface area contributed by atoms with E-state index in [-0.39, 0.29) is 11.8 Å². The molecule has 5 heteroatoms. The summed E-state index contributed by atoms with van der Waals surface area (Å²) in [7, 11) is 0. The van der Waals surface area contributed by atoms with E-state index in [1.54, 1.807) is 0 Å². The first-order chi connectivity index (χ1) is 9.13. The van der Waals surface area contributed by atoms with Crippen molar-refractivity contribution in [2.75, 3.05) is 26.2 Å². The average molecular weight is 269 g/mol. The molecule has 1 atom stereocenters. The van der Waals surface area contributed by atoms with E-state index in [0.29, 0.717) is 31.8 Å². The van der Waals surface area contributed by atoms with Gasteiger partial charge < -0.3 is 16.0 Å². The summed E-state index contributed by atoms with van der Waals surface area (Å²) in [6.07, 6.45) is 5.15. The number of nitrogens with two attached hydrogens (primary N) is 1. The van der Waals surface area contributed by atoms with Crippen molar-refractivity contribution in [2.24, 2.45) is 11.7 Å². The molecule has 19 heavy (non-hydrogen) atoms. The second-order valence-corrected chi connectivity index (χ2v) is 5.42. The Bertz CT molecular complexity index is 288. The van der Waals surface area contributed by atoms with Gasteiger partial charge in [0.05, 0.1) is 0 Å². The highest BCUT2D eigenvalue weighted by Crippen LogP contribution is 2.09. The van der Waals surface area contributed by atoms with Crippen LogP contribution in [-0.4, -0.2) is 42.9 Å². The number of nitrogens with one attached hydrogen (secondary N) is 1. The molecule has 0 aliphatic carbocycles. The van der Waals surface area contributed by atoms with Gasteiger partial charge in [-0.15, -0.1) is 0 Å². The molecular weight excluding hydrogens is 242 g/mol. The summed E-state index contributed by atoms with van der Waals surface area (Å²) in [6, 6.07) is 0. The maximum Gasteiger partial charge on any atom is 0.224 e. The standard InChI is InChI=1S/C14H27N3O2/c1-12(11-15)5-6-13(18)16-8-7-14(19)17-9-3-2-4-10-17/h12H,2-11,15H2,1H3,(H,16,18). The van der Waals surface area contributed by atoms with Gasteiger partial charge in [0.2, 0.25) is 11.8 Å². The van der Waals surface area contributed by atoms with E-state index in [1.165, 1.54) is 6.42 Å². The van der Waals surface area contributed by atoms with Crippen LogP contribution in [0, 0.1) is 5.92 Å². The van der Waals surface area contributed by atoms with E-state index < -0.39 is 0 Å². The summed E-state index contributed by atoms with van der Waals surface area (Å²) < 4.78 is 0. The number of hydrogen-bond acceptors (Lipinski definition) is 3. The molecule has 0 aromatic heterocycles. The van der Waals surface area contributed by atoms with Gasteiger partial charge in [-0.25, -0.2) is 0 Å². The molecular formula is C14H27N3O2. The minimum Gasteiger partial charge on any atom is -0.356 e. The van der Waals surface area contributed by atoms with Crippen LogP contribution in [0.25, 0.3) is 0 Å². The number of carbonyl (C=O) groups is 2. The molecule has 110 valence electrons. The van der Waals surface area contributed by atoms with Crippen molar-refractivity contribution in [1.82, 2.24) is 10.2 Å². The third kappa shape index (κ3) is 6.57. The molecule has 1 heterocycles. The Morgan fingerprint density at radius 2 is 1.89 bits per heavy atom. The second kappa shape index (κ2) is 8.91. The first-order valence-electron chi connectivity index (χ1n) is 7.38. The lowest BCUT2D eigenvalue weighted by Gasteiger charge is -2.26. The maximum atomic E-state index is 11.9. The van der Waals surface area contributed by atoms with Gasteiger partial charge in [0.25, 0.3) is 0 Å². The number of amides is 2. The molecule has 0 radical (unpaired) electrons. The van der Waals surface area contributed by atoms with Crippen molar-refractivity contribution in [1.29, 1.82) is 0 Å². The molecule has 0 aromatic rings. The van der Waals surface area contributed by atoms with Crippen LogP contribution in [0.4, 0.5) is 0 Å². The fourth-order valence-electron chi connectivity index (χ4n) is 2.19. The summed E-state index contributed by atoms with van der Waals surface area (Å²) in [5.41, 5.74) is 5.50. The number of carbonyl (C=O) groups excluding carboxylic acids is 2. The average Bonchev–Trinajstić information content (AvgIpc) is 2.45. The Labute approximate surface area is 115 Å². The van der Waals surface area contributed by atoms with E-state index in [0.717, 1.165) is 32.4 Å². The summed E-state index contributed by atoms with van der Waals surface area (Å²) in [6.45, 7) is 4.85. The fourth-order valence-corrected chi connectivity index (χ4v) is 2.19. The van der Waals surface area contributed by atoms with Gasteiger partial charge in [0, 0.05) is 32.5 Å². The Hall–Kier alpha value is -1.10. The number of hydrogen-bond donors (Lipinski definition) is 2. The normalized spacial score (nSPS) is 17.1. The summed E-state index contributed by atoms with van der Waals surface area (Å²) in [5.74, 6) is 0.558. The molecule has 0 aromatic carbocycles. The first kappa shape index (κ1) is 16.0. The molecule has 2 amide bonds. The van der Waals surface area contributed by atoms with Crippen LogP contribution in [0.2, 0.25) is 0 Å². The predicted octanol–water partition coefficient (Wildman–Crippen LogP) is 0.880. The van der Waals surface area contributed by atoms with Gasteiger partial charge in [-0.05, 0) is 38.1 Å². The van der Waals surface area contributed by atoms with Crippen LogP contribution in [0.1, 0.15) is 45.4 Å². The molecule has 1 rings (SSSR count). The van der Waals surface area contributed by atoms with Crippen molar-refractivity contribution >= 4 is 11.8 Å². The van der Waals surface area contributed by atoms with E-state index in [4.69, 9.17) is 5.73 Å². The van der Waals surface area contributed by atoms with Crippen LogP contribution in [0.15, 0.2) is 0 Å². The highest BCUT2D eigenvalue weighted by atomic mass is 16.2. The van der Waals surface area contributed by atoms with Gasteiger partial charge >= 0.3 is 0 Å². The van der Waals surface area contributed by atoms with Crippen LogP contribution < -0.4 is 11.1 Å². The molecule has 1 fully saturated rings. The zero-order valence-corrected chi connectivity index (χ0v) is 12.0. The molecule has 1 aliphatic heterocycles. The molecule has 3 N–H and O–H groups in total. The van der Waals surface area contributed by atoms with Gasteiger partial charge in [0.1, 0.15) is 0 Å². The van der Waals surface area contributed by atoms with Gasteiger partial charge in [0.15, 0.2) is 0 Å². The molecule has 1 aliphatic rings. The topological polar surface area (TPSA) is 75.4 Å². The van der Waals surface area contributed by atoms with Gasteiger partial charge in [-0.1, -0.05) is 6.92 Å². The monoisotopic (exact) mass is 269 g/mol. The zero-order valence-electron chi connectivity index (χ0n) is 12.0. The lowest BCUT2D eigenvalue weighted by Crippen LogP contribution is -2.37. The lowest BCUT2D eigenvalue weighted by molar-refractivity contribution is -0.132. The van der Waals surface area contributed by atoms with Crippen LogP contribution in [-0.2, 0) is 9.59 Å². The van der Waals surface area contributed by atoms with E-state index in [1.807, 2.05) is 11.8 Å². The highest BCUT2D eigenvalue weighted by Gasteiger charge is 2.16. The van der Waals surface area contributed by atoms with Crippen molar-refractivity contribution in [3.8, 4) is 0 Å². The van der Waals surface area contributed by atoms with Crippen molar-refractivity contribution in [2.45, 2.75) is 45.4 Å². The quantitative estimate of drug-likeness (QED) is 0.720. The summed E-state index contributed by atoms with van der Waals surface area (Å²) in [5, 5.41) is 2.80. The van der Waals surface area contributed by atoms with E-state index >= 15 is 0 Å². The maximum absolute atomic E-state index is 11.9. The molecule has 0 saturated carbocycles. The minimum atomic E-state index is 0.0201. The highest BCUT2D eigenvalue weighted by molar-refractivity contribution is 5.79. The van der Waals surface area contributed by atoms with Gasteiger partial charge in [-0.3, -0.25) is 9.59 Å². The first-order valence-corrected chi connectivity index (χ1v) is 7.38. The molecule has 0 bridgehead atoms. The molecule has 5 nitrogen and oxygen atoms in total. The predicted molar refractivity (Wildman–Crippen MR) is 75.5 cm³/mol.